The molecule has 0 bridgehead atoms. The third kappa shape index (κ3) is 3.43. The Hall–Kier alpha value is -1.14. The Labute approximate surface area is 133 Å². The maximum Gasteiger partial charge on any atom is 0.292 e. The lowest BCUT2D eigenvalue weighted by Crippen LogP contribution is -2.34. The highest BCUT2D eigenvalue weighted by molar-refractivity contribution is 9.10. The maximum absolute atomic E-state index is 13.4. The first-order valence-electron chi connectivity index (χ1n) is 6.13. The first-order valence-corrected chi connectivity index (χ1v) is 8.41. The maximum atomic E-state index is 13.4. The first-order chi connectivity index (χ1) is 10.1. The number of sulfonamides is 1. The summed E-state index contributed by atoms with van der Waals surface area (Å²) in [5, 5.41) is 29.7. The smallest absolute Gasteiger partial charge is 0.292 e. The molecule has 0 spiro atoms. The molecule has 1 aromatic rings. The van der Waals surface area contributed by atoms with Gasteiger partial charge in [0.25, 0.3) is 5.69 Å². The standard InChI is InChI=1S/C11H12BrFN2O6S/c12-6-3-11(8(15(18)19)4-7(6)13)22(20,21)14-5-1-9(16)10(17)2-5/h3-5,9-10,14,16-17H,1-2H2/t5?,9-,10+. The second-order valence-corrected chi connectivity index (χ2v) is 7.45. The number of aliphatic hydroxyl groups excluding tert-OH is 2. The molecule has 1 unspecified atom stereocenters. The molecule has 22 heavy (non-hydrogen) atoms. The van der Waals surface area contributed by atoms with E-state index in [9.17, 15) is 33.1 Å². The Bertz CT molecular complexity index is 703. The number of hydrogen-bond donors (Lipinski definition) is 3. The zero-order valence-electron chi connectivity index (χ0n) is 10.9. The van der Waals surface area contributed by atoms with Crippen molar-refractivity contribution in [3.63, 3.8) is 0 Å². The van der Waals surface area contributed by atoms with Gasteiger partial charge >= 0.3 is 0 Å². The zero-order chi connectivity index (χ0) is 16.7. The molecule has 0 heterocycles. The van der Waals surface area contributed by atoms with Crippen molar-refractivity contribution in [2.45, 2.75) is 36.0 Å². The van der Waals surface area contributed by atoms with E-state index in [1.54, 1.807) is 0 Å². The Morgan fingerprint density at radius 3 is 2.36 bits per heavy atom. The summed E-state index contributed by atoms with van der Waals surface area (Å²) < 4.78 is 39.9. The summed E-state index contributed by atoms with van der Waals surface area (Å²) in [6.45, 7) is 0. The van der Waals surface area contributed by atoms with Crippen LogP contribution in [0.25, 0.3) is 0 Å². The number of aliphatic hydroxyl groups is 2. The normalized spacial score (nSPS) is 25.4. The number of rotatable bonds is 4. The van der Waals surface area contributed by atoms with Gasteiger partial charge in [-0.3, -0.25) is 10.1 Å². The fraction of sp³-hybridized carbons (Fsp3) is 0.455. The van der Waals surface area contributed by atoms with Gasteiger partial charge in [0, 0.05) is 6.04 Å². The summed E-state index contributed by atoms with van der Waals surface area (Å²) >= 11 is 2.78. The fourth-order valence-electron chi connectivity index (χ4n) is 2.25. The van der Waals surface area contributed by atoms with Crippen LogP contribution >= 0.6 is 15.9 Å². The van der Waals surface area contributed by atoms with Gasteiger partial charge in [-0.15, -0.1) is 0 Å². The molecule has 0 aromatic heterocycles. The topological polar surface area (TPSA) is 130 Å². The quantitative estimate of drug-likeness (QED) is 0.504. The van der Waals surface area contributed by atoms with Crippen molar-refractivity contribution in [3.8, 4) is 0 Å². The third-order valence-corrected chi connectivity index (χ3v) is 5.46. The SMILES string of the molecule is O=[N+]([O-])c1cc(F)c(Br)cc1S(=O)(=O)NC1C[C@@H](O)[C@@H](O)C1. The van der Waals surface area contributed by atoms with E-state index in [1.165, 1.54) is 0 Å². The van der Waals surface area contributed by atoms with Crippen molar-refractivity contribution in [1.29, 1.82) is 0 Å². The van der Waals surface area contributed by atoms with Crippen LogP contribution in [0.2, 0.25) is 0 Å². The van der Waals surface area contributed by atoms with Crippen LogP contribution in [0, 0.1) is 15.9 Å². The number of hydrogen-bond acceptors (Lipinski definition) is 6. The molecule has 0 saturated heterocycles. The Kier molecular flexibility index (Phi) is 4.82. The molecular formula is C11H12BrFN2O6S. The van der Waals surface area contributed by atoms with Crippen molar-refractivity contribution >= 4 is 31.6 Å². The fourth-order valence-corrected chi connectivity index (χ4v) is 4.18. The van der Waals surface area contributed by atoms with Crippen molar-refractivity contribution in [1.82, 2.24) is 4.72 Å². The highest BCUT2D eigenvalue weighted by Gasteiger charge is 2.36. The minimum absolute atomic E-state index is 0.0173. The van der Waals surface area contributed by atoms with E-state index in [-0.39, 0.29) is 17.3 Å². The highest BCUT2D eigenvalue weighted by atomic mass is 79.9. The molecule has 122 valence electrons. The van der Waals surface area contributed by atoms with Gasteiger partial charge in [0.15, 0.2) is 4.90 Å². The van der Waals surface area contributed by atoms with Crippen molar-refractivity contribution in [2.24, 2.45) is 0 Å². The Morgan fingerprint density at radius 1 is 1.32 bits per heavy atom. The molecular weight excluding hydrogens is 387 g/mol. The minimum Gasteiger partial charge on any atom is -0.390 e. The molecule has 0 radical (unpaired) electrons. The van der Waals surface area contributed by atoms with E-state index < -0.39 is 49.6 Å². The minimum atomic E-state index is -4.32. The van der Waals surface area contributed by atoms with Crippen LogP contribution in [0.5, 0.6) is 0 Å². The van der Waals surface area contributed by atoms with E-state index >= 15 is 0 Å². The molecule has 2 rings (SSSR count). The first kappa shape index (κ1) is 17.2. The summed E-state index contributed by atoms with van der Waals surface area (Å²) in [7, 11) is -4.32. The highest BCUT2D eigenvalue weighted by Crippen LogP contribution is 2.31. The third-order valence-electron chi connectivity index (χ3n) is 3.31. The molecule has 0 amide bonds. The molecule has 8 nitrogen and oxygen atoms in total. The van der Waals surface area contributed by atoms with E-state index in [2.05, 4.69) is 20.7 Å². The molecule has 1 aliphatic carbocycles. The predicted octanol–water partition coefficient (Wildman–Crippen LogP) is 0.659. The van der Waals surface area contributed by atoms with Crippen LogP contribution in [-0.2, 0) is 10.0 Å². The molecule has 11 heteroatoms. The molecule has 3 atom stereocenters. The van der Waals surface area contributed by atoms with Crippen LogP contribution in [0.4, 0.5) is 10.1 Å². The summed E-state index contributed by atoms with van der Waals surface area (Å²) in [5.74, 6) is -0.961. The molecule has 1 saturated carbocycles. The molecule has 1 fully saturated rings. The van der Waals surface area contributed by atoms with Crippen molar-refractivity contribution in [3.05, 3.63) is 32.5 Å². The van der Waals surface area contributed by atoms with Gasteiger partial charge in [0.1, 0.15) is 5.82 Å². The van der Waals surface area contributed by atoms with Gasteiger partial charge in [-0.25, -0.2) is 17.5 Å². The number of nitrogens with one attached hydrogen (secondary N) is 1. The average Bonchev–Trinajstić information content (AvgIpc) is 2.69. The number of nitro benzene ring substituents is 1. The number of nitro groups is 1. The Morgan fingerprint density at radius 2 is 1.86 bits per heavy atom. The lowest BCUT2D eigenvalue weighted by Gasteiger charge is -2.13. The second kappa shape index (κ2) is 6.16. The van der Waals surface area contributed by atoms with E-state index in [1.807, 2.05) is 0 Å². The zero-order valence-corrected chi connectivity index (χ0v) is 13.3. The summed E-state index contributed by atoms with van der Waals surface area (Å²) in [6.07, 6.45) is -2.17. The van der Waals surface area contributed by atoms with Crippen LogP contribution in [0.15, 0.2) is 21.5 Å². The summed E-state index contributed by atoms with van der Waals surface area (Å²) in [5.41, 5.74) is -0.896. The molecule has 3 N–H and O–H groups in total. The molecule has 1 aliphatic rings. The summed E-state index contributed by atoms with van der Waals surface area (Å²) in [4.78, 5) is 9.23. The molecule has 1 aromatic carbocycles. The number of nitrogens with zero attached hydrogens (tertiary/aromatic N) is 1. The van der Waals surface area contributed by atoms with Gasteiger partial charge in [0.2, 0.25) is 10.0 Å². The number of halogens is 2. The number of benzene rings is 1. The van der Waals surface area contributed by atoms with Crippen molar-refractivity contribution < 1.29 is 27.9 Å². The van der Waals surface area contributed by atoms with Gasteiger partial charge in [-0.05, 0) is 34.8 Å². The van der Waals surface area contributed by atoms with Gasteiger partial charge < -0.3 is 10.2 Å². The van der Waals surface area contributed by atoms with Crippen LogP contribution < -0.4 is 4.72 Å². The van der Waals surface area contributed by atoms with Gasteiger partial charge in [-0.2, -0.15) is 0 Å². The average molecular weight is 399 g/mol. The van der Waals surface area contributed by atoms with Crippen LogP contribution in [0.1, 0.15) is 12.8 Å². The van der Waals surface area contributed by atoms with Gasteiger partial charge in [0.05, 0.1) is 27.7 Å². The van der Waals surface area contributed by atoms with Crippen LogP contribution in [0.3, 0.4) is 0 Å². The monoisotopic (exact) mass is 398 g/mol. The lowest BCUT2D eigenvalue weighted by molar-refractivity contribution is -0.388. The second-order valence-electron chi connectivity index (χ2n) is 4.92. The van der Waals surface area contributed by atoms with E-state index in [0.717, 1.165) is 6.07 Å². The summed E-state index contributed by atoms with van der Waals surface area (Å²) in [6, 6.07) is 0.549. The Balaban J connectivity index is 2.37. The van der Waals surface area contributed by atoms with E-state index in [4.69, 9.17) is 0 Å². The van der Waals surface area contributed by atoms with Crippen LogP contribution in [-0.4, -0.2) is 41.8 Å². The largest absolute Gasteiger partial charge is 0.390 e. The van der Waals surface area contributed by atoms with Gasteiger partial charge in [-0.1, -0.05) is 0 Å². The van der Waals surface area contributed by atoms with E-state index in [0.29, 0.717) is 6.07 Å². The van der Waals surface area contributed by atoms with Crippen molar-refractivity contribution in [2.75, 3.05) is 0 Å². The molecule has 0 aliphatic heterocycles. The lowest BCUT2D eigenvalue weighted by atomic mass is 10.3. The predicted molar refractivity (Wildman–Crippen MR) is 76.1 cm³/mol.